The lowest BCUT2D eigenvalue weighted by molar-refractivity contribution is 0.146. The van der Waals surface area contributed by atoms with Crippen LogP contribution < -0.4 is 0 Å². The molecule has 0 saturated carbocycles. The van der Waals surface area contributed by atoms with Gasteiger partial charge in [-0.1, -0.05) is 15.9 Å². The van der Waals surface area contributed by atoms with E-state index in [1.807, 2.05) is 0 Å². The quantitative estimate of drug-likeness (QED) is 0.701. The molecule has 5 heteroatoms. The van der Waals surface area contributed by atoms with E-state index in [2.05, 4.69) is 47.8 Å². The first-order chi connectivity index (χ1) is 3.98. The molecule has 0 heterocycles. The Balaban J connectivity index is 3.59. The first-order valence-electron chi connectivity index (χ1n) is 2.26. The summed E-state index contributed by atoms with van der Waals surface area (Å²) >= 11 is 14.4. The highest BCUT2D eigenvalue weighted by Crippen LogP contribution is 2.34. The highest BCUT2D eigenvalue weighted by Gasteiger charge is 2.30. The minimum Gasteiger partial charge on any atom is -0.203 e. The molecule has 0 aliphatic carbocycles. The Kier molecular flexibility index (Phi) is 5.40. The third-order valence-electron chi connectivity index (χ3n) is 0.727. The minimum atomic E-state index is -1.28. The lowest BCUT2D eigenvalue weighted by atomic mass is 10.4. The molecule has 1 nitrogen and oxygen atoms in total. The maximum Gasteiger partial charge on any atom is 0.224 e. The standard InChI is InChI=1S/C4H5Br3ClO/c5-3(1-2-8)4(6,7)9/h3H,1-2H2. The normalized spacial score (nSPS) is 15.7. The second-order valence-corrected chi connectivity index (χ2v) is 6.41. The van der Waals surface area contributed by atoms with Crippen molar-refractivity contribution in [2.75, 3.05) is 5.88 Å². The Morgan fingerprint density at radius 2 is 2.00 bits per heavy atom. The van der Waals surface area contributed by atoms with Gasteiger partial charge < -0.3 is 0 Å². The van der Waals surface area contributed by atoms with Crippen molar-refractivity contribution >= 4 is 59.4 Å². The fraction of sp³-hybridized carbons (Fsp3) is 1.00. The van der Waals surface area contributed by atoms with Gasteiger partial charge in [-0.15, -0.1) is 11.6 Å². The van der Waals surface area contributed by atoms with Crippen LogP contribution >= 0.6 is 59.4 Å². The van der Waals surface area contributed by atoms with E-state index in [0.29, 0.717) is 12.3 Å². The summed E-state index contributed by atoms with van der Waals surface area (Å²) in [6, 6.07) is 0. The van der Waals surface area contributed by atoms with Crippen molar-refractivity contribution in [2.24, 2.45) is 0 Å². The summed E-state index contributed by atoms with van der Waals surface area (Å²) < 4.78 is -1.28. The predicted molar refractivity (Wildman–Crippen MR) is 49.3 cm³/mol. The molecule has 0 N–H and O–H groups in total. The Bertz CT molecular complexity index is 82.4. The smallest absolute Gasteiger partial charge is 0.203 e. The molecule has 1 unspecified atom stereocenters. The highest BCUT2D eigenvalue weighted by atomic mass is 79.9. The zero-order chi connectivity index (χ0) is 7.49. The average molecular weight is 344 g/mol. The summed E-state index contributed by atoms with van der Waals surface area (Å²) in [6.07, 6.45) is 0.640. The van der Waals surface area contributed by atoms with Gasteiger partial charge in [0.1, 0.15) is 0 Å². The van der Waals surface area contributed by atoms with E-state index in [9.17, 15) is 5.11 Å². The van der Waals surface area contributed by atoms with Crippen LogP contribution in [0.1, 0.15) is 6.42 Å². The van der Waals surface area contributed by atoms with Crippen molar-refractivity contribution < 1.29 is 5.11 Å². The largest absolute Gasteiger partial charge is 0.224 e. The topological polar surface area (TPSA) is 19.9 Å². The van der Waals surface area contributed by atoms with Gasteiger partial charge in [0, 0.05) is 5.88 Å². The summed E-state index contributed by atoms with van der Waals surface area (Å²) in [5.41, 5.74) is 0. The van der Waals surface area contributed by atoms with Crippen LogP contribution in [0.25, 0.3) is 0 Å². The predicted octanol–water partition coefficient (Wildman–Crippen LogP) is 3.25. The number of hydrogen-bond acceptors (Lipinski definition) is 0. The molecule has 0 aliphatic heterocycles. The van der Waals surface area contributed by atoms with Crippen LogP contribution in [0.15, 0.2) is 0 Å². The molecule has 55 valence electrons. The fourth-order valence-electron chi connectivity index (χ4n) is 0.264. The molecular formula is C4H5Br3ClO. The second-order valence-electron chi connectivity index (χ2n) is 1.51. The number of hydrogen-bond donors (Lipinski definition) is 0. The molecule has 9 heavy (non-hydrogen) atoms. The Morgan fingerprint density at radius 1 is 1.56 bits per heavy atom. The van der Waals surface area contributed by atoms with Crippen molar-refractivity contribution in [1.29, 1.82) is 0 Å². The first-order valence-corrected chi connectivity index (χ1v) is 5.30. The van der Waals surface area contributed by atoms with Crippen LogP contribution in [0.3, 0.4) is 0 Å². The van der Waals surface area contributed by atoms with Gasteiger partial charge in [-0.2, -0.15) is 0 Å². The molecular weight excluding hydrogens is 339 g/mol. The van der Waals surface area contributed by atoms with Crippen LogP contribution in [0.5, 0.6) is 0 Å². The van der Waals surface area contributed by atoms with Crippen molar-refractivity contribution in [3.05, 3.63) is 0 Å². The van der Waals surface area contributed by atoms with Crippen molar-refractivity contribution in [2.45, 2.75) is 14.7 Å². The van der Waals surface area contributed by atoms with Gasteiger partial charge in [0.2, 0.25) is 3.42 Å². The van der Waals surface area contributed by atoms with Gasteiger partial charge in [0.15, 0.2) is 0 Å². The van der Waals surface area contributed by atoms with Crippen LogP contribution in [0, 0.1) is 0 Å². The van der Waals surface area contributed by atoms with Crippen LogP contribution in [0.2, 0.25) is 0 Å². The molecule has 0 aromatic heterocycles. The van der Waals surface area contributed by atoms with Crippen LogP contribution in [-0.4, -0.2) is 14.1 Å². The molecule has 0 fully saturated rings. The fourth-order valence-corrected chi connectivity index (χ4v) is 1.43. The van der Waals surface area contributed by atoms with E-state index in [4.69, 9.17) is 11.6 Å². The summed E-state index contributed by atoms with van der Waals surface area (Å²) in [6.45, 7) is 0. The molecule has 0 aromatic carbocycles. The molecule has 1 radical (unpaired) electrons. The van der Waals surface area contributed by atoms with Gasteiger partial charge in [-0.25, -0.2) is 5.11 Å². The zero-order valence-electron chi connectivity index (χ0n) is 4.41. The van der Waals surface area contributed by atoms with Crippen LogP contribution in [0.4, 0.5) is 0 Å². The molecule has 0 amide bonds. The summed E-state index contributed by atoms with van der Waals surface area (Å²) in [4.78, 5) is -0.178. The summed E-state index contributed by atoms with van der Waals surface area (Å²) in [7, 11) is 0. The van der Waals surface area contributed by atoms with Gasteiger partial charge >= 0.3 is 0 Å². The minimum absolute atomic E-state index is 0.178. The van der Waals surface area contributed by atoms with E-state index in [1.54, 1.807) is 0 Å². The second kappa shape index (κ2) is 4.54. The van der Waals surface area contributed by atoms with E-state index >= 15 is 0 Å². The molecule has 0 rings (SSSR count). The van der Waals surface area contributed by atoms with Crippen molar-refractivity contribution in [3.8, 4) is 0 Å². The van der Waals surface area contributed by atoms with Gasteiger partial charge in [0.05, 0.1) is 4.83 Å². The van der Waals surface area contributed by atoms with E-state index in [1.165, 1.54) is 0 Å². The first kappa shape index (κ1) is 10.7. The molecule has 1 atom stereocenters. The summed E-state index contributed by atoms with van der Waals surface area (Å²) in [5, 5.41) is 10.9. The molecule has 0 spiro atoms. The highest BCUT2D eigenvalue weighted by molar-refractivity contribution is 9.26. The maximum absolute atomic E-state index is 10.9. The third-order valence-corrected chi connectivity index (χ3v) is 4.38. The zero-order valence-corrected chi connectivity index (χ0v) is 9.93. The third kappa shape index (κ3) is 5.01. The SMILES string of the molecule is [O]C(Br)(Br)C(Br)CCCl. The monoisotopic (exact) mass is 341 g/mol. The summed E-state index contributed by atoms with van der Waals surface area (Å²) in [5.74, 6) is 0.483. The number of halogens is 4. The Labute approximate surface area is 84.5 Å². The Hall–Kier alpha value is 1.69. The molecule has 0 aliphatic rings. The molecule has 0 bridgehead atoms. The lowest BCUT2D eigenvalue weighted by Crippen LogP contribution is -2.22. The van der Waals surface area contributed by atoms with E-state index in [-0.39, 0.29) is 4.83 Å². The molecule has 0 aromatic rings. The van der Waals surface area contributed by atoms with Crippen LogP contribution in [-0.2, 0) is 5.11 Å². The average Bonchev–Trinajstić information content (AvgIpc) is 1.64. The van der Waals surface area contributed by atoms with Gasteiger partial charge in [0.25, 0.3) is 0 Å². The van der Waals surface area contributed by atoms with Gasteiger partial charge in [-0.3, -0.25) is 0 Å². The molecule has 0 saturated heterocycles. The lowest BCUT2D eigenvalue weighted by Gasteiger charge is -2.15. The van der Waals surface area contributed by atoms with Gasteiger partial charge in [-0.05, 0) is 38.3 Å². The van der Waals surface area contributed by atoms with Crippen molar-refractivity contribution in [3.63, 3.8) is 0 Å². The van der Waals surface area contributed by atoms with E-state index in [0.717, 1.165) is 0 Å². The van der Waals surface area contributed by atoms with Crippen molar-refractivity contribution in [1.82, 2.24) is 0 Å². The number of alkyl halides is 4. The van der Waals surface area contributed by atoms with E-state index < -0.39 is 3.42 Å². The number of rotatable bonds is 3. The maximum atomic E-state index is 10.9. The Morgan fingerprint density at radius 3 is 2.11 bits per heavy atom.